The Kier molecular flexibility index (Phi) is 17.9. The summed E-state index contributed by atoms with van der Waals surface area (Å²) in [5.41, 5.74) is 5.40. The van der Waals surface area contributed by atoms with E-state index < -0.39 is 48.5 Å². The van der Waals surface area contributed by atoms with Crippen molar-refractivity contribution in [2.24, 2.45) is 5.73 Å². The number of hydrogen-bond donors (Lipinski definition) is 3. The van der Waals surface area contributed by atoms with E-state index in [0.717, 1.165) is 13.8 Å². The molecule has 0 aliphatic rings. The molecule has 0 aromatic heterocycles. The van der Waals surface area contributed by atoms with Gasteiger partial charge >= 0.3 is 17.9 Å². The highest BCUT2D eigenvalue weighted by Gasteiger charge is 2.37. The van der Waals surface area contributed by atoms with Gasteiger partial charge in [-0.3, -0.25) is 24.0 Å². The van der Waals surface area contributed by atoms with Gasteiger partial charge < -0.3 is 40.1 Å². The molecule has 0 aliphatic heterocycles. The standard InChI is InChI=1S/C23H41N3O10/c1-15(14-33-17(3)28)34-22(32-13-8-6-7-10-20(31)25-12-9-11-24)21(26-16(2)27)23(35-18(4)29)36-19(5)30/h15,21-23H,6-14,24H2,1-5H3,(H,25,31)(H,26,27). The molecule has 2 amide bonds. The maximum Gasteiger partial charge on any atom is 0.305 e. The minimum atomic E-state index is -1.54. The largest absolute Gasteiger partial charge is 0.463 e. The molecular formula is C23H41N3O10. The predicted molar refractivity (Wildman–Crippen MR) is 127 cm³/mol. The molecule has 0 radical (unpaired) electrons. The Morgan fingerprint density at radius 2 is 1.47 bits per heavy atom. The number of esters is 3. The molecular weight excluding hydrogens is 478 g/mol. The average Bonchev–Trinajstić information content (AvgIpc) is 2.76. The van der Waals surface area contributed by atoms with Crippen LogP contribution in [0.15, 0.2) is 0 Å². The lowest BCUT2D eigenvalue weighted by Crippen LogP contribution is -2.55. The quantitative estimate of drug-likeness (QED) is 0.121. The van der Waals surface area contributed by atoms with Crippen LogP contribution in [0.4, 0.5) is 0 Å². The van der Waals surface area contributed by atoms with E-state index in [0.29, 0.717) is 45.2 Å². The molecule has 0 saturated carbocycles. The molecule has 0 aromatic carbocycles. The molecule has 0 spiro atoms. The van der Waals surface area contributed by atoms with Crippen LogP contribution in [0.25, 0.3) is 0 Å². The van der Waals surface area contributed by atoms with E-state index in [-0.39, 0.29) is 19.1 Å². The summed E-state index contributed by atoms with van der Waals surface area (Å²) in [6.45, 7) is 7.42. The second-order valence-electron chi connectivity index (χ2n) is 8.10. The van der Waals surface area contributed by atoms with Crippen LogP contribution in [-0.4, -0.2) is 80.8 Å². The third kappa shape index (κ3) is 17.6. The molecule has 3 atom stereocenters. The van der Waals surface area contributed by atoms with Crippen LogP contribution >= 0.6 is 0 Å². The van der Waals surface area contributed by atoms with Crippen molar-refractivity contribution in [3.63, 3.8) is 0 Å². The first-order valence-electron chi connectivity index (χ1n) is 11.9. The lowest BCUT2D eigenvalue weighted by Gasteiger charge is -2.33. The zero-order valence-corrected chi connectivity index (χ0v) is 21.8. The van der Waals surface area contributed by atoms with Crippen LogP contribution in [0.3, 0.4) is 0 Å². The summed E-state index contributed by atoms with van der Waals surface area (Å²) in [5.74, 6) is -2.59. The van der Waals surface area contributed by atoms with E-state index in [1.54, 1.807) is 6.92 Å². The average molecular weight is 520 g/mol. The number of amides is 2. The highest BCUT2D eigenvalue weighted by molar-refractivity contribution is 5.75. The molecule has 208 valence electrons. The third-order valence-corrected chi connectivity index (χ3v) is 4.44. The van der Waals surface area contributed by atoms with Gasteiger partial charge in [-0.05, 0) is 32.7 Å². The fraction of sp³-hybridized carbons (Fsp3) is 0.783. The van der Waals surface area contributed by atoms with E-state index in [1.165, 1.54) is 13.8 Å². The van der Waals surface area contributed by atoms with Crippen LogP contribution in [0.5, 0.6) is 0 Å². The molecule has 0 aromatic rings. The zero-order valence-electron chi connectivity index (χ0n) is 21.8. The Morgan fingerprint density at radius 1 is 0.833 bits per heavy atom. The number of carbonyl (C=O) groups is 5. The number of ether oxygens (including phenoxy) is 5. The maximum absolute atomic E-state index is 11.9. The summed E-state index contributed by atoms with van der Waals surface area (Å²) >= 11 is 0. The van der Waals surface area contributed by atoms with E-state index in [2.05, 4.69) is 10.6 Å². The first kappa shape index (κ1) is 33.2. The molecule has 36 heavy (non-hydrogen) atoms. The fourth-order valence-corrected chi connectivity index (χ4v) is 2.91. The lowest BCUT2D eigenvalue weighted by atomic mass is 10.2. The third-order valence-electron chi connectivity index (χ3n) is 4.44. The molecule has 0 fully saturated rings. The number of carbonyl (C=O) groups excluding carboxylic acids is 5. The predicted octanol–water partition coefficient (Wildman–Crippen LogP) is 0.280. The first-order valence-corrected chi connectivity index (χ1v) is 11.9. The van der Waals surface area contributed by atoms with Gasteiger partial charge in [-0.1, -0.05) is 6.42 Å². The minimum Gasteiger partial charge on any atom is -0.463 e. The van der Waals surface area contributed by atoms with Gasteiger partial charge in [-0.2, -0.15) is 0 Å². The topological polar surface area (TPSA) is 182 Å². The number of nitrogens with two attached hydrogens (primary N) is 1. The van der Waals surface area contributed by atoms with Crippen molar-refractivity contribution in [2.75, 3.05) is 26.3 Å². The smallest absolute Gasteiger partial charge is 0.305 e. The van der Waals surface area contributed by atoms with Crippen molar-refractivity contribution in [1.82, 2.24) is 10.6 Å². The zero-order chi connectivity index (χ0) is 27.5. The number of nitrogens with one attached hydrogen (secondary N) is 2. The Morgan fingerprint density at radius 3 is 2.00 bits per heavy atom. The highest BCUT2D eigenvalue weighted by Crippen LogP contribution is 2.16. The summed E-state index contributed by atoms with van der Waals surface area (Å²) in [6, 6.07) is -1.22. The molecule has 3 unspecified atom stereocenters. The van der Waals surface area contributed by atoms with Gasteiger partial charge in [0.05, 0.1) is 6.10 Å². The highest BCUT2D eigenvalue weighted by atomic mass is 16.7. The Hall–Kier alpha value is -2.77. The number of rotatable bonds is 19. The molecule has 0 aliphatic carbocycles. The molecule has 0 heterocycles. The SMILES string of the molecule is CC(=O)NC(C(OC(C)=O)OC(C)=O)C(OCCCCCC(=O)NCCCN)OC(C)COC(C)=O. The number of hydrogen-bond acceptors (Lipinski definition) is 11. The summed E-state index contributed by atoms with van der Waals surface area (Å²) in [7, 11) is 0. The summed E-state index contributed by atoms with van der Waals surface area (Å²) in [6.07, 6.45) is -0.523. The van der Waals surface area contributed by atoms with Crippen LogP contribution in [0.2, 0.25) is 0 Å². The van der Waals surface area contributed by atoms with Crippen LogP contribution < -0.4 is 16.4 Å². The minimum absolute atomic E-state index is 0.0544. The van der Waals surface area contributed by atoms with Crippen molar-refractivity contribution in [1.29, 1.82) is 0 Å². The monoisotopic (exact) mass is 519 g/mol. The Labute approximate surface area is 212 Å². The van der Waals surface area contributed by atoms with E-state index in [4.69, 9.17) is 29.4 Å². The van der Waals surface area contributed by atoms with Crippen molar-refractivity contribution in [3.05, 3.63) is 0 Å². The van der Waals surface area contributed by atoms with Gasteiger partial charge in [0.25, 0.3) is 6.29 Å². The molecule has 13 nitrogen and oxygen atoms in total. The fourth-order valence-electron chi connectivity index (χ4n) is 2.91. The van der Waals surface area contributed by atoms with Gasteiger partial charge in [0.15, 0.2) is 12.3 Å². The molecule has 4 N–H and O–H groups in total. The van der Waals surface area contributed by atoms with Crippen molar-refractivity contribution in [2.45, 2.75) is 91.4 Å². The van der Waals surface area contributed by atoms with Gasteiger partial charge in [0, 0.05) is 47.3 Å². The van der Waals surface area contributed by atoms with E-state index in [1.807, 2.05) is 0 Å². The molecule has 0 bridgehead atoms. The number of unbranched alkanes of at least 4 members (excludes halogenated alkanes) is 2. The summed E-state index contributed by atoms with van der Waals surface area (Å²) in [5, 5.41) is 5.32. The van der Waals surface area contributed by atoms with Crippen LogP contribution in [-0.2, 0) is 47.7 Å². The van der Waals surface area contributed by atoms with E-state index in [9.17, 15) is 24.0 Å². The summed E-state index contributed by atoms with van der Waals surface area (Å²) < 4.78 is 26.8. The second kappa shape index (κ2) is 19.4. The Bertz CT molecular complexity index is 688. The lowest BCUT2D eigenvalue weighted by molar-refractivity contribution is -0.239. The first-order chi connectivity index (χ1) is 17.0. The molecule has 0 rings (SSSR count). The van der Waals surface area contributed by atoms with Crippen LogP contribution in [0, 0.1) is 0 Å². The molecule has 0 saturated heterocycles. The molecule has 13 heteroatoms. The normalized spacial score (nSPS) is 13.3. The summed E-state index contributed by atoms with van der Waals surface area (Å²) in [4.78, 5) is 58.0. The van der Waals surface area contributed by atoms with Gasteiger partial charge in [-0.15, -0.1) is 0 Å². The van der Waals surface area contributed by atoms with Gasteiger partial charge in [-0.25, -0.2) is 0 Å². The Balaban J connectivity index is 5.26. The van der Waals surface area contributed by atoms with E-state index >= 15 is 0 Å². The van der Waals surface area contributed by atoms with Crippen molar-refractivity contribution in [3.8, 4) is 0 Å². The van der Waals surface area contributed by atoms with Crippen molar-refractivity contribution < 1.29 is 47.7 Å². The van der Waals surface area contributed by atoms with Gasteiger partial charge in [0.2, 0.25) is 11.8 Å². The van der Waals surface area contributed by atoms with Crippen LogP contribution in [0.1, 0.15) is 66.7 Å². The second-order valence-corrected chi connectivity index (χ2v) is 8.10. The van der Waals surface area contributed by atoms with Crippen molar-refractivity contribution >= 4 is 29.7 Å². The van der Waals surface area contributed by atoms with Gasteiger partial charge in [0.1, 0.15) is 6.61 Å². The maximum atomic E-state index is 11.9.